The summed E-state index contributed by atoms with van der Waals surface area (Å²) in [6.07, 6.45) is 3.16. The average molecular weight is 408 g/mol. The number of rotatable bonds is 6. The minimum absolute atomic E-state index is 0.0174. The molecule has 1 aromatic rings. The third-order valence-corrected chi connectivity index (χ3v) is 6.21. The minimum Gasteiger partial charge on any atom is -0.342 e. The summed E-state index contributed by atoms with van der Waals surface area (Å²) in [4.78, 5) is 28.9. The molecule has 2 aliphatic heterocycles. The van der Waals surface area contributed by atoms with Crippen LogP contribution in [0.5, 0.6) is 0 Å². The summed E-state index contributed by atoms with van der Waals surface area (Å²) in [6.45, 7) is 4.58. The Labute approximate surface area is 167 Å². The fourth-order valence-electron chi connectivity index (χ4n) is 3.96. The van der Waals surface area contributed by atoms with Crippen molar-refractivity contribution in [2.75, 3.05) is 32.4 Å². The van der Waals surface area contributed by atoms with Gasteiger partial charge in [-0.2, -0.15) is 0 Å². The molecule has 7 nitrogen and oxygen atoms in total. The third kappa shape index (κ3) is 5.54. The fourth-order valence-corrected chi connectivity index (χ4v) is 4.50. The minimum atomic E-state index is -3.23. The topological polar surface area (TPSA) is 86.8 Å². The van der Waals surface area contributed by atoms with Crippen molar-refractivity contribution in [3.63, 3.8) is 0 Å². The first-order valence-electron chi connectivity index (χ1n) is 9.78. The van der Waals surface area contributed by atoms with Gasteiger partial charge < -0.3 is 9.80 Å². The molecule has 0 aliphatic carbocycles. The maximum absolute atomic E-state index is 12.9. The van der Waals surface area contributed by atoms with Crippen molar-refractivity contribution in [3.05, 3.63) is 35.4 Å². The number of carbonyl (C=O) groups is 2. The molecule has 3 rings (SSSR count). The van der Waals surface area contributed by atoms with Crippen molar-refractivity contribution in [2.24, 2.45) is 11.8 Å². The van der Waals surface area contributed by atoms with Gasteiger partial charge in [-0.15, -0.1) is 0 Å². The number of aryl methyl sites for hydroxylation is 1. The lowest BCUT2D eigenvalue weighted by Crippen LogP contribution is -2.46. The van der Waals surface area contributed by atoms with Crippen molar-refractivity contribution in [3.8, 4) is 0 Å². The van der Waals surface area contributed by atoms with Crippen LogP contribution in [0.3, 0.4) is 0 Å². The van der Waals surface area contributed by atoms with E-state index < -0.39 is 10.0 Å². The Morgan fingerprint density at radius 3 is 2.61 bits per heavy atom. The van der Waals surface area contributed by atoms with Gasteiger partial charge in [-0.05, 0) is 31.2 Å². The zero-order valence-corrected chi connectivity index (χ0v) is 17.4. The van der Waals surface area contributed by atoms with Gasteiger partial charge in [-0.1, -0.05) is 29.8 Å². The van der Waals surface area contributed by atoms with Crippen LogP contribution in [0.25, 0.3) is 0 Å². The van der Waals surface area contributed by atoms with Gasteiger partial charge in [-0.25, -0.2) is 13.1 Å². The molecule has 2 fully saturated rings. The van der Waals surface area contributed by atoms with E-state index >= 15 is 0 Å². The second-order valence-electron chi connectivity index (χ2n) is 8.07. The van der Waals surface area contributed by atoms with Gasteiger partial charge >= 0.3 is 0 Å². The lowest BCUT2D eigenvalue weighted by atomic mass is 9.96. The number of hydrogen-bond donors (Lipinski definition) is 1. The number of nitrogens with one attached hydrogen (secondary N) is 1. The van der Waals surface area contributed by atoms with E-state index in [0.29, 0.717) is 32.7 Å². The van der Waals surface area contributed by atoms with E-state index in [2.05, 4.69) is 4.72 Å². The van der Waals surface area contributed by atoms with Crippen molar-refractivity contribution in [1.82, 2.24) is 14.5 Å². The molecule has 0 saturated carbocycles. The quantitative estimate of drug-likeness (QED) is 0.766. The largest absolute Gasteiger partial charge is 0.342 e. The molecule has 28 heavy (non-hydrogen) atoms. The molecular weight excluding hydrogens is 378 g/mol. The molecule has 0 bridgehead atoms. The number of carbonyl (C=O) groups excluding carboxylic acids is 2. The second kappa shape index (κ2) is 8.61. The number of sulfonamides is 1. The molecule has 0 radical (unpaired) electrons. The van der Waals surface area contributed by atoms with E-state index in [1.807, 2.05) is 36.1 Å². The number of hydrogen-bond acceptors (Lipinski definition) is 4. The van der Waals surface area contributed by atoms with E-state index in [1.54, 1.807) is 4.90 Å². The molecule has 2 atom stereocenters. The summed E-state index contributed by atoms with van der Waals surface area (Å²) in [5.74, 6) is -0.150. The zero-order chi connectivity index (χ0) is 20.3. The Bertz CT molecular complexity index is 822. The van der Waals surface area contributed by atoms with Crippen molar-refractivity contribution < 1.29 is 18.0 Å². The standard InChI is InChI=1S/C20H29N3O4S/c1-15-5-7-16(8-6-15)12-23-14-18(10-19(23)24)20(25)22-9-3-4-17(13-22)11-21-28(2,26)27/h5-8,17-18,21H,3-4,9-14H2,1-2H3/t17-,18+/m1/s1. The Morgan fingerprint density at radius 2 is 1.93 bits per heavy atom. The van der Waals surface area contributed by atoms with Gasteiger partial charge in [0.25, 0.3) is 0 Å². The highest BCUT2D eigenvalue weighted by molar-refractivity contribution is 7.88. The summed E-state index contributed by atoms with van der Waals surface area (Å²) < 4.78 is 25.1. The van der Waals surface area contributed by atoms with Crippen LogP contribution in [0.4, 0.5) is 0 Å². The second-order valence-corrected chi connectivity index (χ2v) is 9.91. The van der Waals surface area contributed by atoms with Crippen LogP contribution in [0.1, 0.15) is 30.4 Å². The summed E-state index contributed by atoms with van der Waals surface area (Å²) in [5, 5.41) is 0. The van der Waals surface area contributed by atoms with Crippen molar-refractivity contribution in [2.45, 2.75) is 32.7 Å². The van der Waals surface area contributed by atoms with Gasteiger partial charge in [-0.3, -0.25) is 9.59 Å². The molecule has 2 heterocycles. The Hall–Kier alpha value is -1.93. The number of piperidine rings is 1. The van der Waals surface area contributed by atoms with Crippen LogP contribution in [-0.4, -0.2) is 62.5 Å². The molecule has 1 aromatic carbocycles. The fraction of sp³-hybridized carbons (Fsp3) is 0.600. The van der Waals surface area contributed by atoms with E-state index in [1.165, 1.54) is 5.56 Å². The highest BCUT2D eigenvalue weighted by Crippen LogP contribution is 2.25. The van der Waals surface area contributed by atoms with Crippen LogP contribution in [0.15, 0.2) is 24.3 Å². The SMILES string of the molecule is Cc1ccc(CN2C[C@@H](C(=O)N3CCC[C@H](CNS(C)(=O)=O)C3)CC2=O)cc1. The van der Waals surface area contributed by atoms with E-state index in [4.69, 9.17) is 0 Å². The maximum atomic E-state index is 12.9. The van der Waals surface area contributed by atoms with Crippen molar-refractivity contribution in [1.29, 1.82) is 0 Å². The van der Waals surface area contributed by atoms with E-state index in [0.717, 1.165) is 24.7 Å². The molecular formula is C20H29N3O4S. The predicted molar refractivity (Wildman–Crippen MR) is 107 cm³/mol. The van der Waals surface area contributed by atoms with Crippen molar-refractivity contribution >= 4 is 21.8 Å². The summed E-state index contributed by atoms with van der Waals surface area (Å²) >= 11 is 0. The molecule has 154 valence electrons. The molecule has 8 heteroatoms. The summed E-state index contributed by atoms with van der Waals surface area (Å²) in [5.41, 5.74) is 2.24. The maximum Gasteiger partial charge on any atom is 0.228 e. The van der Waals surface area contributed by atoms with E-state index in [-0.39, 0.29) is 30.1 Å². The molecule has 2 amide bonds. The Kier molecular flexibility index (Phi) is 6.40. The van der Waals surface area contributed by atoms with Gasteiger partial charge in [0, 0.05) is 39.1 Å². The van der Waals surface area contributed by atoms with Gasteiger partial charge in [0.2, 0.25) is 21.8 Å². The highest BCUT2D eigenvalue weighted by Gasteiger charge is 2.37. The Balaban J connectivity index is 1.55. The molecule has 0 spiro atoms. The molecule has 1 N–H and O–H groups in total. The lowest BCUT2D eigenvalue weighted by molar-refractivity contribution is -0.137. The predicted octanol–water partition coefficient (Wildman–Crippen LogP) is 1.13. The number of nitrogens with zero attached hydrogens (tertiary/aromatic N) is 2. The summed E-state index contributed by atoms with van der Waals surface area (Å²) in [7, 11) is -3.23. The number of likely N-dealkylation sites (tertiary alicyclic amines) is 2. The lowest BCUT2D eigenvalue weighted by Gasteiger charge is -2.34. The van der Waals surface area contributed by atoms with Crippen LogP contribution in [0.2, 0.25) is 0 Å². The number of benzene rings is 1. The molecule has 2 aliphatic rings. The smallest absolute Gasteiger partial charge is 0.228 e. The van der Waals surface area contributed by atoms with Crippen LogP contribution < -0.4 is 4.72 Å². The van der Waals surface area contributed by atoms with Crippen LogP contribution in [-0.2, 0) is 26.2 Å². The van der Waals surface area contributed by atoms with Crippen LogP contribution in [0, 0.1) is 18.8 Å². The highest BCUT2D eigenvalue weighted by atomic mass is 32.2. The first-order chi connectivity index (χ1) is 13.2. The van der Waals surface area contributed by atoms with Gasteiger partial charge in [0.1, 0.15) is 0 Å². The average Bonchev–Trinajstić information content (AvgIpc) is 3.01. The summed E-state index contributed by atoms with van der Waals surface area (Å²) in [6, 6.07) is 8.08. The normalized spacial score (nSPS) is 23.3. The van der Waals surface area contributed by atoms with Gasteiger partial charge in [0.05, 0.1) is 12.2 Å². The Morgan fingerprint density at radius 1 is 1.21 bits per heavy atom. The first kappa shape index (κ1) is 20.8. The first-order valence-corrected chi connectivity index (χ1v) is 11.7. The third-order valence-electron chi connectivity index (χ3n) is 5.52. The zero-order valence-electron chi connectivity index (χ0n) is 16.6. The molecule has 0 unspecified atom stereocenters. The number of amides is 2. The van der Waals surface area contributed by atoms with Crippen LogP contribution >= 0.6 is 0 Å². The van der Waals surface area contributed by atoms with E-state index in [9.17, 15) is 18.0 Å². The van der Waals surface area contributed by atoms with Gasteiger partial charge in [0.15, 0.2) is 0 Å². The molecule has 0 aromatic heterocycles. The monoisotopic (exact) mass is 407 g/mol. The molecule has 2 saturated heterocycles.